The molecule has 0 N–H and O–H groups in total. The van der Waals surface area contributed by atoms with E-state index in [1.807, 2.05) is 18.2 Å². The van der Waals surface area contributed by atoms with Crippen LogP contribution in [0.5, 0.6) is 0 Å². The minimum absolute atomic E-state index is 0.0832. The van der Waals surface area contributed by atoms with Gasteiger partial charge in [-0.05, 0) is 30.9 Å². The molecule has 0 aromatic heterocycles. The monoisotopic (exact) mass is 361 g/mol. The van der Waals surface area contributed by atoms with Crippen molar-refractivity contribution in [2.24, 2.45) is 0 Å². The van der Waals surface area contributed by atoms with E-state index in [9.17, 15) is 9.59 Å². The molecule has 1 rings (SSSR count). The van der Waals surface area contributed by atoms with Crippen molar-refractivity contribution in [2.45, 2.75) is 25.8 Å². The van der Waals surface area contributed by atoms with Crippen LogP contribution in [0, 0.1) is 0 Å². The number of alkyl halides is 1. The van der Waals surface area contributed by atoms with Gasteiger partial charge in [0.2, 0.25) is 5.91 Å². The fourth-order valence-electron chi connectivity index (χ4n) is 2.56. The smallest absolute Gasteiger partial charge is 0.329 e. The highest BCUT2D eigenvalue weighted by atomic mass is 35.5. The van der Waals surface area contributed by atoms with Gasteiger partial charge in [0.1, 0.15) is 18.5 Å². The molecule has 0 aliphatic rings. The Balaban J connectivity index is 3.46. The van der Waals surface area contributed by atoms with E-state index in [2.05, 4.69) is 19.7 Å². The maximum absolute atomic E-state index is 12.6. The van der Waals surface area contributed by atoms with E-state index in [1.54, 1.807) is 19.1 Å². The maximum Gasteiger partial charge on any atom is 0.329 e. The van der Waals surface area contributed by atoms with Crippen molar-refractivity contribution >= 4 is 29.2 Å². The summed E-state index contributed by atoms with van der Waals surface area (Å²) in [5.74, 6) is -1.13. The van der Waals surface area contributed by atoms with Crippen molar-refractivity contribution in [3.8, 4) is 0 Å². The number of anilines is 1. The lowest BCUT2D eigenvalue weighted by molar-refractivity contribution is -0.144. The number of benzene rings is 1. The standard InChI is InChI=1S/C20H24ClNO3/c1-5-9-16-11-8-12-17(10-6-2)19(16)22(18(23)14-21)15(4)20(24)25-13-7-3/h5-8,11-12,15H,1-3,9-10,13-14H2,4H3/t15-/m0/s1. The number of hydrogen-bond acceptors (Lipinski definition) is 3. The van der Waals surface area contributed by atoms with Gasteiger partial charge in [0.25, 0.3) is 0 Å². The molecule has 5 heteroatoms. The quantitative estimate of drug-likeness (QED) is 0.361. The second-order valence-electron chi connectivity index (χ2n) is 5.40. The van der Waals surface area contributed by atoms with Crippen molar-refractivity contribution in [1.29, 1.82) is 0 Å². The van der Waals surface area contributed by atoms with E-state index in [-0.39, 0.29) is 18.4 Å². The first kappa shape index (κ1) is 20.7. The van der Waals surface area contributed by atoms with Gasteiger partial charge in [0, 0.05) is 0 Å². The maximum atomic E-state index is 12.6. The lowest BCUT2D eigenvalue weighted by Gasteiger charge is -2.31. The molecule has 0 saturated carbocycles. The number of nitrogens with zero attached hydrogens (tertiary/aromatic N) is 1. The molecule has 1 aromatic rings. The van der Waals surface area contributed by atoms with Gasteiger partial charge in [-0.2, -0.15) is 0 Å². The highest BCUT2D eigenvalue weighted by Gasteiger charge is 2.30. The van der Waals surface area contributed by atoms with Gasteiger partial charge >= 0.3 is 5.97 Å². The molecule has 0 aliphatic heterocycles. The summed E-state index contributed by atoms with van der Waals surface area (Å²) in [5.41, 5.74) is 2.43. The fraction of sp³-hybridized carbons (Fsp3) is 0.300. The van der Waals surface area contributed by atoms with Crippen LogP contribution in [0.25, 0.3) is 0 Å². The Morgan fingerprint density at radius 2 is 1.72 bits per heavy atom. The summed E-state index contributed by atoms with van der Waals surface area (Å²) in [7, 11) is 0. The zero-order valence-electron chi connectivity index (χ0n) is 14.5. The van der Waals surface area contributed by atoms with Crippen LogP contribution in [0.3, 0.4) is 0 Å². The van der Waals surface area contributed by atoms with Crippen LogP contribution in [0.4, 0.5) is 5.69 Å². The molecule has 0 fully saturated rings. The van der Waals surface area contributed by atoms with E-state index in [0.29, 0.717) is 18.5 Å². The number of ether oxygens (including phenoxy) is 1. The summed E-state index contributed by atoms with van der Waals surface area (Å²) in [6, 6.07) is 4.89. The van der Waals surface area contributed by atoms with Crippen LogP contribution in [-0.2, 0) is 27.2 Å². The molecule has 1 aromatic carbocycles. The predicted molar refractivity (Wildman–Crippen MR) is 103 cm³/mol. The van der Waals surface area contributed by atoms with Crippen LogP contribution < -0.4 is 4.90 Å². The third-order valence-electron chi connectivity index (χ3n) is 3.63. The summed E-state index contributed by atoms with van der Waals surface area (Å²) in [4.78, 5) is 26.3. The van der Waals surface area contributed by atoms with E-state index >= 15 is 0 Å². The SMILES string of the molecule is C=CCOC(=O)[C@H](C)N(C(=O)CCl)c1c(CC=C)cccc1CC=C. The van der Waals surface area contributed by atoms with E-state index in [0.717, 1.165) is 11.1 Å². The Bertz CT molecular complexity index is 626. The molecule has 25 heavy (non-hydrogen) atoms. The number of para-hydroxylation sites is 1. The minimum atomic E-state index is -0.819. The molecule has 0 bridgehead atoms. The highest BCUT2D eigenvalue weighted by Crippen LogP contribution is 2.30. The van der Waals surface area contributed by atoms with Crippen molar-refractivity contribution in [3.63, 3.8) is 0 Å². The summed E-state index contributed by atoms with van der Waals surface area (Å²) in [5, 5.41) is 0. The molecule has 0 heterocycles. The van der Waals surface area contributed by atoms with E-state index in [4.69, 9.17) is 16.3 Å². The number of halogens is 1. The molecular weight excluding hydrogens is 338 g/mol. The third-order valence-corrected chi connectivity index (χ3v) is 3.86. The second-order valence-corrected chi connectivity index (χ2v) is 5.67. The number of esters is 1. The Morgan fingerprint density at radius 3 is 2.16 bits per heavy atom. The zero-order chi connectivity index (χ0) is 18.8. The van der Waals surface area contributed by atoms with Crippen molar-refractivity contribution in [3.05, 3.63) is 67.3 Å². The molecule has 0 saturated heterocycles. The van der Waals surface area contributed by atoms with Crippen LogP contribution in [0.2, 0.25) is 0 Å². The third kappa shape index (κ3) is 5.33. The largest absolute Gasteiger partial charge is 0.460 e. The van der Waals surface area contributed by atoms with Gasteiger partial charge in [-0.15, -0.1) is 24.8 Å². The second kappa shape index (κ2) is 10.5. The van der Waals surface area contributed by atoms with Crippen molar-refractivity contribution in [1.82, 2.24) is 0 Å². The Morgan fingerprint density at radius 1 is 1.16 bits per heavy atom. The van der Waals surface area contributed by atoms with E-state index in [1.165, 1.54) is 11.0 Å². The number of carbonyl (C=O) groups is 2. The predicted octanol–water partition coefficient (Wildman–Crippen LogP) is 3.83. The van der Waals surface area contributed by atoms with Crippen LogP contribution in [0.1, 0.15) is 18.1 Å². The van der Waals surface area contributed by atoms with Gasteiger partial charge in [0.15, 0.2) is 0 Å². The average molecular weight is 362 g/mol. The van der Waals surface area contributed by atoms with Gasteiger partial charge < -0.3 is 4.74 Å². The summed E-state index contributed by atoms with van der Waals surface area (Å²) < 4.78 is 5.12. The lowest BCUT2D eigenvalue weighted by atomic mass is 9.99. The molecule has 0 spiro atoms. The molecule has 4 nitrogen and oxygen atoms in total. The van der Waals surface area contributed by atoms with Crippen LogP contribution >= 0.6 is 11.6 Å². The first-order valence-corrected chi connectivity index (χ1v) is 8.53. The summed E-state index contributed by atoms with van der Waals surface area (Å²) in [6.45, 7) is 12.8. The lowest BCUT2D eigenvalue weighted by Crippen LogP contribution is -2.46. The van der Waals surface area contributed by atoms with Gasteiger partial charge in [0.05, 0.1) is 5.69 Å². The number of carbonyl (C=O) groups excluding carboxylic acids is 2. The molecule has 1 atom stereocenters. The summed E-state index contributed by atoms with van der Waals surface area (Å²) >= 11 is 5.81. The number of rotatable bonds is 10. The molecule has 134 valence electrons. The minimum Gasteiger partial charge on any atom is -0.460 e. The summed E-state index contributed by atoms with van der Waals surface area (Å²) in [6.07, 6.45) is 6.09. The first-order chi connectivity index (χ1) is 12.0. The Labute approximate surface area is 154 Å². The average Bonchev–Trinajstić information content (AvgIpc) is 2.61. The van der Waals surface area contributed by atoms with Crippen LogP contribution in [-0.4, -0.2) is 30.4 Å². The molecule has 0 aliphatic carbocycles. The zero-order valence-corrected chi connectivity index (χ0v) is 15.3. The van der Waals surface area contributed by atoms with Crippen molar-refractivity contribution in [2.75, 3.05) is 17.4 Å². The fourth-order valence-corrected chi connectivity index (χ4v) is 2.69. The molecule has 0 unspecified atom stereocenters. The number of allylic oxidation sites excluding steroid dienone is 2. The first-order valence-electron chi connectivity index (χ1n) is 7.99. The van der Waals surface area contributed by atoms with Gasteiger partial charge in [-0.25, -0.2) is 4.79 Å². The number of hydrogen-bond donors (Lipinski definition) is 0. The van der Waals surface area contributed by atoms with Gasteiger partial charge in [-0.1, -0.05) is 43.0 Å². The normalized spacial score (nSPS) is 11.3. The highest BCUT2D eigenvalue weighted by molar-refractivity contribution is 6.30. The van der Waals surface area contributed by atoms with Crippen molar-refractivity contribution < 1.29 is 14.3 Å². The molecule has 0 radical (unpaired) electrons. The van der Waals surface area contributed by atoms with E-state index < -0.39 is 12.0 Å². The number of amides is 1. The Kier molecular flexibility index (Phi) is 8.71. The van der Waals surface area contributed by atoms with Gasteiger partial charge in [-0.3, -0.25) is 9.69 Å². The van der Waals surface area contributed by atoms with Crippen LogP contribution in [0.15, 0.2) is 56.2 Å². The Hall–Kier alpha value is -2.33. The molecular formula is C20H24ClNO3. The topological polar surface area (TPSA) is 46.6 Å². The molecule has 1 amide bonds.